The average molecular weight is 281 g/mol. The quantitative estimate of drug-likeness (QED) is 0.939. The zero-order chi connectivity index (χ0) is 12.4. The van der Waals surface area contributed by atoms with Crippen LogP contribution >= 0.6 is 12.4 Å². The Bertz CT molecular complexity index is 528. The summed E-state index contributed by atoms with van der Waals surface area (Å²) in [5.41, 5.74) is 4.87. The lowest BCUT2D eigenvalue weighted by atomic mass is 9.90. The van der Waals surface area contributed by atoms with Crippen molar-refractivity contribution in [1.82, 2.24) is 10.5 Å². The van der Waals surface area contributed by atoms with E-state index >= 15 is 0 Å². The molecule has 0 amide bonds. The molecule has 102 valence electrons. The van der Waals surface area contributed by atoms with E-state index in [-0.39, 0.29) is 18.5 Å². The van der Waals surface area contributed by atoms with Gasteiger partial charge in [-0.25, -0.2) is 0 Å². The van der Waals surface area contributed by atoms with Crippen LogP contribution in [0.25, 0.3) is 11.1 Å². The fraction of sp³-hybridized carbons (Fsp3) is 0.357. The summed E-state index contributed by atoms with van der Waals surface area (Å²) in [7, 11) is 1.95. The Hall–Kier alpha value is -1.36. The van der Waals surface area contributed by atoms with Gasteiger partial charge in [0.25, 0.3) is 0 Å². The Morgan fingerprint density at radius 3 is 3.05 bits per heavy atom. The largest absolute Gasteiger partial charge is 0.372 e. The van der Waals surface area contributed by atoms with Gasteiger partial charge in [0, 0.05) is 12.1 Å². The summed E-state index contributed by atoms with van der Waals surface area (Å²) in [6.45, 7) is 1.60. The molecule has 0 aliphatic carbocycles. The number of hydrogen-bond donors (Lipinski definition) is 1. The summed E-state index contributed by atoms with van der Waals surface area (Å²) in [5, 5.41) is 6.96. The molecule has 2 heterocycles. The molecular formula is C14H17ClN2O2. The Morgan fingerprint density at radius 1 is 1.42 bits per heavy atom. The van der Waals surface area contributed by atoms with Gasteiger partial charge in [0.15, 0.2) is 0 Å². The average Bonchev–Trinajstić information content (AvgIpc) is 2.93. The van der Waals surface area contributed by atoms with Gasteiger partial charge >= 0.3 is 0 Å². The van der Waals surface area contributed by atoms with Crippen molar-refractivity contribution in [3.05, 3.63) is 41.8 Å². The number of likely N-dealkylation sites (N-methyl/N-ethyl adjacent to an activating group) is 1. The summed E-state index contributed by atoms with van der Waals surface area (Å²) in [5.74, 6) is 0. The van der Waals surface area contributed by atoms with Crippen molar-refractivity contribution in [1.29, 1.82) is 0 Å². The fourth-order valence-corrected chi connectivity index (χ4v) is 2.54. The van der Waals surface area contributed by atoms with Gasteiger partial charge in [-0.05, 0) is 30.2 Å². The molecule has 2 aromatic rings. The number of hydrogen-bond acceptors (Lipinski definition) is 4. The third kappa shape index (κ3) is 2.66. The second-order valence-corrected chi connectivity index (χ2v) is 4.45. The number of nitrogens with one attached hydrogen (secondary N) is 1. The van der Waals surface area contributed by atoms with Gasteiger partial charge in [-0.2, -0.15) is 0 Å². The van der Waals surface area contributed by atoms with Crippen LogP contribution in [0.1, 0.15) is 17.2 Å². The first-order chi connectivity index (χ1) is 8.90. The summed E-state index contributed by atoms with van der Waals surface area (Å²) < 4.78 is 10.8. The lowest BCUT2D eigenvalue weighted by molar-refractivity contribution is 0.0440. The molecule has 1 aromatic heterocycles. The highest BCUT2D eigenvalue weighted by Gasteiger charge is 2.22. The molecule has 0 fully saturated rings. The molecule has 0 saturated carbocycles. The molecule has 1 N–H and O–H groups in total. The molecule has 3 rings (SSSR count). The molecule has 0 unspecified atom stereocenters. The van der Waals surface area contributed by atoms with E-state index in [2.05, 4.69) is 28.7 Å². The number of ether oxygens (including phenoxy) is 1. The van der Waals surface area contributed by atoms with Crippen LogP contribution in [0.15, 0.2) is 35.2 Å². The normalized spacial score (nSPS) is 17.6. The van der Waals surface area contributed by atoms with E-state index in [0.29, 0.717) is 0 Å². The Kier molecular flexibility index (Phi) is 4.58. The van der Waals surface area contributed by atoms with Crippen LogP contribution in [0.5, 0.6) is 0 Å². The molecule has 1 aliphatic heterocycles. The Morgan fingerprint density at radius 2 is 2.32 bits per heavy atom. The lowest BCUT2D eigenvalue weighted by Crippen LogP contribution is -2.25. The van der Waals surface area contributed by atoms with Gasteiger partial charge in [0.2, 0.25) is 0 Å². The lowest BCUT2D eigenvalue weighted by Gasteiger charge is -2.27. The van der Waals surface area contributed by atoms with E-state index in [0.717, 1.165) is 25.1 Å². The highest BCUT2D eigenvalue weighted by atomic mass is 35.5. The molecule has 1 atom stereocenters. The standard InChI is InChI=1S/C14H16N2O2.ClH/c1-15-8-14-13-4-2-3-11(10-7-16-18-9-10)12(13)5-6-17-14;/h2-4,7,9,14-15H,5-6,8H2,1H3;1H/t14-;/m0./s1. The second kappa shape index (κ2) is 6.19. The number of halogens is 1. The van der Waals surface area contributed by atoms with Crippen LogP contribution < -0.4 is 5.32 Å². The number of fused-ring (bicyclic) bond motifs is 1. The number of nitrogens with zero attached hydrogens (tertiary/aromatic N) is 1. The van der Waals surface area contributed by atoms with Crippen molar-refractivity contribution in [2.24, 2.45) is 0 Å². The molecule has 0 saturated heterocycles. The van der Waals surface area contributed by atoms with Crippen LogP contribution in [0.2, 0.25) is 0 Å². The van der Waals surface area contributed by atoms with Crippen molar-refractivity contribution in [2.75, 3.05) is 20.2 Å². The Balaban J connectivity index is 0.00000133. The fourth-order valence-electron chi connectivity index (χ4n) is 2.54. The molecule has 19 heavy (non-hydrogen) atoms. The molecule has 1 aromatic carbocycles. The van der Waals surface area contributed by atoms with Crippen LogP contribution in [0.3, 0.4) is 0 Å². The maximum Gasteiger partial charge on any atom is 0.131 e. The summed E-state index contributed by atoms with van der Waals surface area (Å²) in [6.07, 6.45) is 4.53. The molecule has 1 aliphatic rings. The highest BCUT2D eigenvalue weighted by molar-refractivity contribution is 5.85. The van der Waals surface area contributed by atoms with Gasteiger partial charge < -0.3 is 14.6 Å². The minimum atomic E-state index is 0. The monoisotopic (exact) mass is 280 g/mol. The maximum atomic E-state index is 5.82. The van der Waals surface area contributed by atoms with Crippen LogP contribution in [0, 0.1) is 0 Å². The first-order valence-electron chi connectivity index (χ1n) is 6.18. The summed E-state index contributed by atoms with van der Waals surface area (Å²) >= 11 is 0. The van der Waals surface area contributed by atoms with Crippen LogP contribution in [0.4, 0.5) is 0 Å². The highest BCUT2D eigenvalue weighted by Crippen LogP contribution is 2.33. The van der Waals surface area contributed by atoms with E-state index in [4.69, 9.17) is 9.26 Å². The van der Waals surface area contributed by atoms with Gasteiger partial charge in [-0.15, -0.1) is 12.4 Å². The zero-order valence-corrected chi connectivity index (χ0v) is 11.6. The maximum absolute atomic E-state index is 5.82. The smallest absolute Gasteiger partial charge is 0.131 e. The van der Waals surface area contributed by atoms with Crippen molar-refractivity contribution < 1.29 is 9.26 Å². The van der Waals surface area contributed by atoms with Gasteiger partial charge in [0.1, 0.15) is 6.26 Å². The van der Waals surface area contributed by atoms with Gasteiger partial charge in [-0.3, -0.25) is 0 Å². The molecule has 4 nitrogen and oxygen atoms in total. The predicted molar refractivity (Wildman–Crippen MR) is 75.5 cm³/mol. The first kappa shape index (κ1) is 14.1. The molecule has 5 heteroatoms. The van der Waals surface area contributed by atoms with Crippen LogP contribution in [-0.2, 0) is 11.2 Å². The number of benzene rings is 1. The molecule has 0 radical (unpaired) electrons. The topological polar surface area (TPSA) is 47.3 Å². The van der Waals surface area contributed by atoms with Gasteiger partial charge in [0.05, 0.1) is 18.9 Å². The minimum Gasteiger partial charge on any atom is -0.372 e. The molecule has 0 spiro atoms. The first-order valence-corrected chi connectivity index (χ1v) is 6.18. The zero-order valence-electron chi connectivity index (χ0n) is 10.8. The van der Waals surface area contributed by atoms with E-state index in [1.54, 1.807) is 12.5 Å². The number of aromatic nitrogens is 1. The predicted octanol–water partition coefficient (Wildman–Crippen LogP) is 2.60. The van der Waals surface area contributed by atoms with E-state index in [1.807, 2.05) is 7.05 Å². The van der Waals surface area contributed by atoms with Crippen molar-refractivity contribution in [3.63, 3.8) is 0 Å². The molecular weight excluding hydrogens is 264 g/mol. The minimum absolute atomic E-state index is 0. The number of rotatable bonds is 3. The van der Waals surface area contributed by atoms with E-state index < -0.39 is 0 Å². The van der Waals surface area contributed by atoms with Gasteiger partial charge in [-0.1, -0.05) is 23.4 Å². The third-order valence-corrected chi connectivity index (χ3v) is 3.36. The summed E-state index contributed by atoms with van der Waals surface area (Å²) in [6, 6.07) is 6.33. The van der Waals surface area contributed by atoms with E-state index in [1.165, 1.54) is 16.7 Å². The van der Waals surface area contributed by atoms with Crippen molar-refractivity contribution in [3.8, 4) is 11.1 Å². The Labute approximate surface area is 118 Å². The van der Waals surface area contributed by atoms with Crippen molar-refractivity contribution in [2.45, 2.75) is 12.5 Å². The SMILES string of the molecule is CNC[C@@H]1OCCc2c(-c3cnoc3)cccc21.Cl. The second-order valence-electron chi connectivity index (χ2n) is 4.45. The molecule has 0 bridgehead atoms. The third-order valence-electron chi connectivity index (χ3n) is 3.36. The van der Waals surface area contributed by atoms with Crippen LogP contribution in [-0.4, -0.2) is 25.4 Å². The summed E-state index contributed by atoms with van der Waals surface area (Å²) in [4.78, 5) is 0. The van der Waals surface area contributed by atoms with Crippen molar-refractivity contribution >= 4 is 12.4 Å². The van der Waals surface area contributed by atoms with E-state index in [9.17, 15) is 0 Å².